The zero-order valence-corrected chi connectivity index (χ0v) is 16.4. The lowest BCUT2D eigenvalue weighted by Gasteiger charge is -2.18. The quantitative estimate of drug-likeness (QED) is 0.493. The zero-order valence-electron chi connectivity index (χ0n) is 14.8. The highest BCUT2D eigenvalue weighted by Gasteiger charge is 2.22. The Balaban J connectivity index is 1.65. The molecule has 3 rings (SSSR count). The molecular weight excluding hydrogens is 396 g/mol. The molecule has 1 unspecified atom stereocenters. The van der Waals surface area contributed by atoms with Crippen LogP contribution in [0.3, 0.4) is 0 Å². The molecule has 0 aliphatic carbocycles. The van der Waals surface area contributed by atoms with Crippen molar-refractivity contribution in [2.45, 2.75) is 12.5 Å². The molecule has 1 heterocycles. The van der Waals surface area contributed by atoms with Gasteiger partial charge in [-0.15, -0.1) is 5.10 Å². The van der Waals surface area contributed by atoms with Crippen LogP contribution in [0.25, 0.3) is 0 Å². The summed E-state index contributed by atoms with van der Waals surface area (Å²) in [5.74, 6) is -0.192. The average Bonchev–Trinajstić information content (AvgIpc) is 3.12. The predicted octanol–water partition coefficient (Wildman–Crippen LogP) is 2.95. The molecule has 0 radical (unpaired) electrons. The van der Waals surface area contributed by atoms with Crippen LogP contribution >= 0.6 is 23.6 Å². The first-order valence-corrected chi connectivity index (χ1v) is 9.70. The number of anilines is 1. The molecule has 9 heteroatoms. The summed E-state index contributed by atoms with van der Waals surface area (Å²) in [7, 11) is 0. The maximum atomic E-state index is 12.7. The van der Waals surface area contributed by atoms with E-state index in [0.717, 1.165) is 16.9 Å². The first-order chi connectivity index (χ1) is 13.6. The Morgan fingerprint density at radius 2 is 1.79 bits per heavy atom. The third-order valence-corrected chi connectivity index (χ3v) is 4.72. The van der Waals surface area contributed by atoms with Gasteiger partial charge in [-0.05, 0) is 29.9 Å². The van der Waals surface area contributed by atoms with Gasteiger partial charge in [0.05, 0.1) is 0 Å². The second-order valence-electron chi connectivity index (χ2n) is 5.82. The fraction of sp³-hybridized carbons (Fsp3) is 0.158. The summed E-state index contributed by atoms with van der Waals surface area (Å²) in [5.41, 5.74) is 0.918. The normalized spacial score (nSPS) is 11.4. The number of H-pyrrole nitrogens is 1. The molecule has 3 aromatic rings. The van der Waals surface area contributed by atoms with E-state index in [4.69, 9.17) is 17.0 Å². The van der Waals surface area contributed by atoms with E-state index in [0.29, 0.717) is 21.3 Å². The van der Waals surface area contributed by atoms with Gasteiger partial charge in [-0.2, -0.15) is 0 Å². The Labute approximate surface area is 170 Å². The number of ether oxygens (including phenoxy) is 1. The molecule has 0 spiro atoms. The Bertz CT molecular complexity index is 973. The molecular formula is C19H18N4O3S2. The summed E-state index contributed by atoms with van der Waals surface area (Å²) in [6.45, 7) is -0.191. The van der Waals surface area contributed by atoms with Crippen molar-refractivity contribution in [3.05, 3.63) is 70.2 Å². The third-order valence-electron chi connectivity index (χ3n) is 3.72. The number of nitrogens with zero attached hydrogens (tertiary/aromatic N) is 1. The molecule has 7 nitrogen and oxygen atoms in total. The van der Waals surface area contributed by atoms with E-state index < -0.39 is 11.9 Å². The fourth-order valence-corrected chi connectivity index (χ4v) is 3.23. The number of benzene rings is 2. The predicted molar refractivity (Wildman–Crippen MR) is 110 cm³/mol. The topological polar surface area (TPSA) is 96.1 Å². The van der Waals surface area contributed by atoms with E-state index in [2.05, 4.69) is 20.8 Å². The van der Waals surface area contributed by atoms with Crippen LogP contribution in [-0.4, -0.2) is 34.7 Å². The second kappa shape index (κ2) is 9.77. The van der Waals surface area contributed by atoms with Crippen LogP contribution in [-0.2, 0) is 16.0 Å². The minimum atomic E-state index is -0.785. The lowest BCUT2D eigenvalue weighted by molar-refractivity contribution is -0.127. The minimum Gasteiger partial charge on any atom is -0.484 e. The monoisotopic (exact) mass is 414 g/mol. The molecule has 1 atom stereocenters. The number of para-hydroxylation sites is 1. The lowest BCUT2D eigenvalue weighted by Crippen LogP contribution is -2.46. The maximum absolute atomic E-state index is 12.7. The molecule has 0 saturated heterocycles. The first kappa shape index (κ1) is 19.7. The third kappa shape index (κ3) is 6.00. The van der Waals surface area contributed by atoms with Gasteiger partial charge in [-0.1, -0.05) is 59.9 Å². The van der Waals surface area contributed by atoms with Crippen molar-refractivity contribution in [3.8, 4) is 5.75 Å². The number of hydrogen-bond acceptors (Lipinski definition) is 6. The number of carbonyl (C=O) groups is 2. The van der Waals surface area contributed by atoms with Gasteiger partial charge in [0.1, 0.15) is 11.8 Å². The molecule has 0 aliphatic rings. The SMILES string of the molecule is O=C(COc1ccccc1)NC(Cc1ccccc1)C(=O)Nc1n[nH]c(=S)s1. The smallest absolute Gasteiger partial charge is 0.258 e. The van der Waals surface area contributed by atoms with Crippen molar-refractivity contribution in [1.82, 2.24) is 15.5 Å². The van der Waals surface area contributed by atoms with Crippen LogP contribution in [0.4, 0.5) is 5.13 Å². The van der Waals surface area contributed by atoms with E-state index in [1.165, 1.54) is 0 Å². The second-order valence-corrected chi connectivity index (χ2v) is 7.48. The molecule has 2 amide bonds. The molecule has 3 N–H and O–H groups in total. The summed E-state index contributed by atoms with van der Waals surface area (Å²) < 4.78 is 5.90. The fourth-order valence-electron chi connectivity index (χ4n) is 2.44. The lowest BCUT2D eigenvalue weighted by atomic mass is 10.1. The van der Waals surface area contributed by atoms with Crippen molar-refractivity contribution in [2.24, 2.45) is 0 Å². The highest BCUT2D eigenvalue weighted by molar-refractivity contribution is 7.73. The summed E-state index contributed by atoms with van der Waals surface area (Å²) in [6, 6.07) is 17.7. The number of amides is 2. The summed E-state index contributed by atoms with van der Waals surface area (Å²) in [5, 5.41) is 12.3. The van der Waals surface area contributed by atoms with E-state index in [-0.39, 0.29) is 12.5 Å². The number of aromatic amines is 1. The maximum Gasteiger partial charge on any atom is 0.258 e. The van der Waals surface area contributed by atoms with Gasteiger partial charge >= 0.3 is 0 Å². The van der Waals surface area contributed by atoms with E-state index in [9.17, 15) is 9.59 Å². The molecule has 144 valence electrons. The Morgan fingerprint density at radius 1 is 1.11 bits per heavy atom. The molecule has 0 fully saturated rings. The van der Waals surface area contributed by atoms with Gasteiger partial charge in [-0.25, -0.2) is 0 Å². The van der Waals surface area contributed by atoms with Crippen molar-refractivity contribution >= 4 is 40.5 Å². The molecule has 2 aromatic carbocycles. The molecule has 1 aromatic heterocycles. The van der Waals surface area contributed by atoms with Gasteiger partial charge < -0.3 is 10.1 Å². The van der Waals surface area contributed by atoms with E-state index in [1.807, 2.05) is 48.5 Å². The number of rotatable bonds is 8. The zero-order chi connectivity index (χ0) is 19.8. The number of nitrogens with one attached hydrogen (secondary N) is 3. The Hall–Kier alpha value is -3.04. The first-order valence-electron chi connectivity index (χ1n) is 8.47. The van der Waals surface area contributed by atoms with Gasteiger partial charge in [0.25, 0.3) is 5.91 Å². The summed E-state index contributed by atoms with van der Waals surface area (Å²) in [6.07, 6.45) is 0.333. The van der Waals surface area contributed by atoms with Gasteiger partial charge in [0.15, 0.2) is 10.6 Å². The number of hydrogen-bond donors (Lipinski definition) is 3. The molecule has 0 bridgehead atoms. The standard InChI is InChI=1S/C19H18N4O3S2/c24-16(12-26-14-9-5-2-6-10-14)20-15(11-13-7-3-1-4-8-13)17(25)21-18-22-23-19(27)28-18/h1-10,15H,11-12H2,(H,20,24)(H,23,27)(H,21,22,25). The number of carbonyl (C=O) groups excluding carboxylic acids is 2. The largest absolute Gasteiger partial charge is 0.484 e. The van der Waals surface area contributed by atoms with Gasteiger partial charge in [0, 0.05) is 6.42 Å². The van der Waals surface area contributed by atoms with Crippen LogP contribution in [0.15, 0.2) is 60.7 Å². The van der Waals surface area contributed by atoms with Crippen molar-refractivity contribution in [2.75, 3.05) is 11.9 Å². The van der Waals surface area contributed by atoms with E-state index in [1.54, 1.807) is 12.1 Å². The van der Waals surface area contributed by atoms with Crippen LogP contribution < -0.4 is 15.4 Å². The van der Waals surface area contributed by atoms with Crippen molar-refractivity contribution in [1.29, 1.82) is 0 Å². The van der Waals surface area contributed by atoms with Crippen molar-refractivity contribution < 1.29 is 14.3 Å². The van der Waals surface area contributed by atoms with Crippen LogP contribution in [0.5, 0.6) is 5.75 Å². The van der Waals surface area contributed by atoms with Crippen LogP contribution in [0.1, 0.15) is 5.56 Å². The summed E-state index contributed by atoms with van der Waals surface area (Å²) >= 11 is 6.12. The number of aromatic nitrogens is 2. The highest BCUT2D eigenvalue weighted by atomic mass is 32.1. The van der Waals surface area contributed by atoms with E-state index >= 15 is 0 Å². The van der Waals surface area contributed by atoms with Gasteiger partial charge in [0.2, 0.25) is 11.0 Å². The molecule has 0 aliphatic heterocycles. The average molecular weight is 415 g/mol. The van der Waals surface area contributed by atoms with Crippen molar-refractivity contribution in [3.63, 3.8) is 0 Å². The van der Waals surface area contributed by atoms with Crippen LogP contribution in [0, 0.1) is 3.95 Å². The molecule has 28 heavy (non-hydrogen) atoms. The Kier molecular flexibility index (Phi) is 6.88. The minimum absolute atomic E-state index is 0.191. The van der Waals surface area contributed by atoms with Crippen LogP contribution in [0.2, 0.25) is 0 Å². The summed E-state index contributed by atoms with van der Waals surface area (Å²) in [4.78, 5) is 25.0. The van der Waals surface area contributed by atoms with Gasteiger partial charge in [-0.3, -0.25) is 20.0 Å². The highest BCUT2D eigenvalue weighted by Crippen LogP contribution is 2.13. The molecule has 0 saturated carbocycles. The Morgan fingerprint density at radius 3 is 2.43 bits per heavy atom.